The van der Waals surface area contributed by atoms with E-state index in [4.69, 9.17) is 0 Å². The number of nitrogens with zero attached hydrogens (tertiary/aromatic N) is 2. The Morgan fingerprint density at radius 1 is 1.38 bits per heavy atom. The van der Waals surface area contributed by atoms with Crippen LogP contribution in [0.3, 0.4) is 0 Å². The summed E-state index contributed by atoms with van der Waals surface area (Å²) in [5.74, 6) is -0.220. The van der Waals surface area contributed by atoms with Gasteiger partial charge in [0.15, 0.2) is 0 Å². The smallest absolute Gasteiger partial charge is 0.149 e. The van der Waals surface area contributed by atoms with Gasteiger partial charge in [-0.25, -0.2) is 8.91 Å². The van der Waals surface area contributed by atoms with Crippen molar-refractivity contribution in [1.82, 2.24) is 9.61 Å². The third-order valence-corrected chi connectivity index (χ3v) is 1.67. The van der Waals surface area contributed by atoms with Crippen LogP contribution in [-0.2, 0) is 0 Å². The average Bonchev–Trinajstić information content (AvgIpc) is 2.53. The molecule has 0 unspecified atom stereocenters. The fourth-order valence-corrected chi connectivity index (χ4v) is 1.15. The summed E-state index contributed by atoms with van der Waals surface area (Å²) in [7, 11) is 0. The standard InChI is InChI=1S/C8H7FN2.C2H6/c1-6-5-10-11-4-2-3-7(9)8(6)11;1-2/h2-5H,1H3;1-2H3. The van der Waals surface area contributed by atoms with Gasteiger partial charge in [0.05, 0.1) is 6.20 Å². The number of aromatic nitrogens is 2. The van der Waals surface area contributed by atoms with Crippen molar-refractivity contribution in [2.24, 2.45) is 0 Å². The van der Waals surface area contributed by atoms with Gasteiger partial charge in [-0.1, -0.05) is 13.8 Å². The number of hydrogen-bond donors (Lipinski definition) is 0. The van der Waals surface area contributed by atoms with Gasteiger partial charge in [0.1, 0.15) is 11.3 Å². The molecule has 0 atom stereocenters. The molecule has 0 aliphatic rings. The molecule has 2 heterocycles. The van der Waals surface area contributed by atoms with E-state index in [0.717, 1.165) is 5.56 Å². The summed E-state index contributed by atoms with van der Waals surface area (Å²) in [6.45, 7) is 5.84. The van der Waals surface area contributed by atoms with Crippen molar-refractivity contribution >= 4 is 5.52 Å². The minimum Gasteiger partial charge on any atom is -0.238 e. The van der Waals surface area contributed by atoms with E-state index in [1.165, 1.54) is 10.6 Å². The van der Waals surface area contributed by atoms with E-state index in [9.17, 15) is 4.39 Å². The molecule has 70 valence electrons. The Hall–Kier alpha value is -1.38. The second-order valence-corrected chi connectivity index (χ2v) is 2.48. The first kappa shape index (κ1) is 9.71. The Morgan fingerprint density at radius 3 is 2.69 bits per heavy atom. The topological polar surface area (TPSA) is 17.3 Å². The van der Waals surface area contributed by atoms with Crippen LogP contribution in [0.15, 0.2) is 24.5 Å². The average molecular weight is 180 g/mol. The summed E-state index contributed by atoms with van der Waals surface area (Å²) < 4.78 is 14.6. The van der Waals surface area contributed by atoms with Crippen LogP contribution in [0, 0.1) is 12.7 Å². The molecule has 0 bridgehead atoms. The van der Waals surface area contributed by atoms with Crippen molar-refractivity contribution < 1.29 is 4.39 Å². The Balaban J connectivity index is 0.000000396. The summed E-state index contributed by atoms with van der Waals surface area (Å²) in [6.07, 6.45) is 3.38. The number of rotatable bonds is 0. The van der Waals surface area contributed by atoms with E-state index in [-0.39, 0.29) is 5.82 Å². The first-order valence-electron chi connectivity index (χ1n) is 4.37. The molecule has 13 heavy (non-hydrogen) atoms. The summed E-state index contributed by atoms with van der Waals surface area (Å²) in [6, 6.07) is 3.07. The van der Waals surface area contributed by atoms with Crippen LogP contribution >= 0.6 is 0 Å². The van der Waals surface area contributed by atoms with Crippen LogP contribution < -0.4 is 0 Å². The van der Waals surface area contributed by atoms with Crippen molar-refractivity contribution in [2.45, 2.75) is 20.8 Å². The molecule has 0 aliphatic heterocycles. The second kappa shape index (κ2) is 4.03. The Kier molecular flexibility index (Phi) is 3.01. The van der Waals surface area contributed by atoms with Crippen LogP contribution in [0.4, 0.5) is 4.39 Å². The highest BCUT2D eigenvalue weighted by Crippen LogP contribution is 2.12. The SMILES string of the molecule is CC.Cc1cnn2cccc(F)c12. The van der Waals surface area contributed by atoms with E-state index >= 15 is 0 Å². The Morgan fingerprint density at radius 2 is 2.08 bits per heavy atom. The van der Waals surface area contributed by atoms with Crippen LogP contribution in [0.5, 0.6) is 0 Å². The van der Waals surface area contributed by atoms with E-state index < -0.39 is 0 Å². The highest BCUT2D eigenvalue weighted by atomic mass is 19.1. The number of halogens is 1. The quantitative estimate of drug-likeness (QED) is 0.609. The number of pyridine rings is 1. The van der Waals surface area contributed by atoms with E-state index in [2.05, 4.69) is 5.10 Å². The van der Waals surface area contributed by atoms with Crippen LogP contribution in [-0.4, -0.2) is 9.61 Å². The van der Waals surface area contributed by atoms with Crippen LogP contribution in [0.1, 0.15) is 19.4 Å². The normalized spacial score (nSPS) is 9.54. The van der Waals surface area contributed by atoms with Gasteiger partial charge in [0.25, 0.3) is 0 Å². The highest BCUT2D eigenvalue weighted by molar-refractivity contribution is 5.53. The molecule has 3 heteroatoms. The van der Waals surface area contributed by atoms with Crippen molar-refractivity contribution in [3.8, 4) is 0 Å². The monoisotopic (exact) mass is 180 g/mol. The first-order chi connectivity index (χ1) is 6.29. The minimum atomic E-state index is -0.220. The Bertz CT molecular complexity index is 393. The molecular weight excluding hydrogens is 167 g/mol. The zero-order valence-electron chi connectivity index (χ0n) is 8.08. The molecule has 0 saturated carbocycles. The van der Waals surface area contributed by atoms with Crippen molar-refractivity contribution in [1.29, 1.82) is 0 Å². The Labute approximate surface area is 77.0 Å². The maximum Gasteiger partial charge on any atom is 0.149 e. The zero-order valence-corrected chi connectivity index (χ0v) is 8.08. The highest BCUT2D eigenvalue weighted by Gasteiger charge is 2.02. The van der Waals surface area contributed by atoms with Crippen LogP contribution in [0.25, 0.3) is 5.52 Å². The number of aryl methyl sites for hydroxylation is 1. The molecule has 0 aromatic carbocycles. The summed E-state index contributed by atoms with van der Waals surface area (Å²) in [4.78, 5) is 0. The lowest BCUT2D eigenvalue weighted by atomic mass is 10.3. The summed E-state index contributed by atoms with van der Waals surface area (Å²) in [5, 5.41) is 3.96. The lowest BCUT2D eigenvalue weighted by Crippen LogP contribution is -1.88. The fourth-order valence-electron chi connectivity index (χ4n) is 1.15. The molecular formula is C10H13FN2. The second-order valence-electron chi connectivity index (χ2n) is 2.48. The summed E-state index contributed by atoms with van der Waals surface area (Å²) in [5.41, 5.74) is 1.43. The molecule has 0 spiro atoms. The predicted octanol–water partition coefficient (Wildman–Crippen LogP) is 2.81. The van der Waals surface area contributed by atoms with E-state index in [1.807, 2.05) is 20.8 Å². The van der Waals surface area contributed by atoms with Gasteiger partial charge in [0, 0.05) is 6.20 Å². The molecule has 2 nitrogen and oxygen atoms in total. The van der Waals surface area contributed by atoms with Gasteiger partial charge in [0.2, 0.25) is 0 Å². The minimum absolute atomic E-state index is 0.220. The molecule has 0 radical (unpaired) electrons. The molecule has 0 N–H and O–H groups in total. The van der Waals surface area contributed by atoms with Crippen molar-refractivity contribution in [3.63, 3.8) is 0 Å². The molecule has 2 aromatic rings. The number of hydrogen-bond acceptors (Lipinski definition) is 1. The third kappa shape index (κ3) is 1.69. The molecule has 0 aliphatic carbocycles. The largest absolute Gasteiger partial charge is 0.238 e. The van der Waals surface area contributed by atoms with Gasteiger partial charge >= 0.3 is 0 Å². The van der Waals surface area contributed by atoms with E-state index in [1.54, 1.807) is 18.5 Å². The van der Waals surface area contributed by atoms with Gasteiger partial charge < -0.3 is 0 Å². The summed E-state index contributed by atoms with van der Waals surface area (Å²) >= 11 is 0. The maximum atomic E-state index is 13.0. The lowest BCUT2D eigenvalue weighted by Gasteiger charge is -1.93. The maximum absolute atomic E-state index is 13.0. The van der Waals surface area contributed by atoms with E-state index in [0.29, 0.717) is 5.52 Å². The van der Waals surface area contributed by atoms with Crippen molar-refractivity contribution in [3.05, 3.63) is 35.9 Å². The number of fused-ring (bicyclic) bond motifs is 1. The first-order valence-corrected chi connectivity index (χ1v) is 4.37. The fraction of sp³-hybridized carbons (Fsp3) is 0.300. The third-order valence-electron chi connectivity index (χ3n) is 1.67. The molecule has 2 aromatic heterocycles. The van der Waals surface area contributed by atoms with Gasteiger partial charge in [-0.3, -0.25) is 0 Å². The molecule has 0 fully saturated rings. The molecule has 2 rings (SSSR count). The predicted molar refractivity (Wildman–Crippen MR) is 51.2 cm³/mol. The van der Waals surface area contributed by atoms with Gasteiger partial charge in [-0.15, -0.1) is 0 Å². The zero-order chi connectivity index (χ0) is 9.84. The lowest BCUT2D eigenvalue weighted by molar-refractivity contribution is 0.630. The molecule has 0 amide bonds. The van der Waals surface area contributed by atoms with Crippen molar-refractivity contribution in [2.75, 3.05) is 0 Å². The molecule has 0 saturated heterocycles. The van der Waals surface area contributed by atoms with Crippen LogP contribution in [0.2, 0.25) is 0 Å². The van der Waals surface area contributed by atoms with Gasteiger partial charge in [-0.05, 0) is 24.6 Å². The van der Waals surface area contributed by atoms with Gasteiger partial charge in [-0.2, -0.15) is 5.10 Å².